The zero-order valence-corrected chi connectivity index (χ0v) is 12.7. The molecule has 0 amide bonds. The second-order valence-corrected chi connectivity index (χ2v) is 6.28. The number of pyridine rings is 1. The maximum Gasteiger partial charge on any atom is 0.140 e. The summed E-state index contributed by atoms with van der Waals surface area (Å²) in [5.41, 5.74) is 0. The van der Waals surface area contributed by atoms with E-state index in [4.69, 9.17) is 0 Å². The van der Waals surface area contributed by atoms with Crippen LogP contribution in [0.25, 0.3) is 0 Å². The molecule has 84 valence electrons. The van der Waals surface area contributed by atoms with E-state index in [1.165, 1.54) is 0 Å². The van der Waals surface area contributed by atoms with Crippen molar-refractivity contribution in [3.8, 4) is 0 Å². The fraction of sp³-hybridized carbons (Fsp3) is 0.500. The largest absolute Gasteiger partial charge is 0.366 e. The molecule has 0 aliphatic carbocycles. The molecule has 15 heavy (non-hydrogen) atoms. The van der Waals surface area contributed by atoms with Crippen molar-refractivity contribution in [3.05, 3.63) is 21.2 Å². The molecule has 0 bridgehead atoms. The van der Waals surface area contributed by atoms with Crippen LogP contribution in [0.5, 0.6) is 0 Å². The van der Waals surface area contributed by atoms with Gasteiger partial charge in [-0.05, 0) is 50.6 Å². The Kier molecular flexibility index (Phi) is 6.00. The van der Waals surface area contributed by atoms with Crippen LogP contribution in [0.4, 0.5) is 5.82 Å². The van der Waals surface area contributed by atoms with E-state index in [1.807, 2.05) is 17.8 Å². The zero-order valence-electron chi connectivity index (χ0n) is 8.76. The van der Waals surface area contributed by atoms with Gasteiger partial charge in [0.2, 0.25) is 0 Å². The minimum atomic E-state index is 0.430. The first-order valence-corrected chi connectivity index (χ1v) is 7.53. The third-order valence-electron chi connectivity index (χ3n) is 1.76. The molecule has 1 atom stereocenters. The van der Waals surface area contributed by atoms with Gasteiger partial charge in [0.25, 0.3) is 0 Å². The summed E-state index contributed by atoms with van der Waals surface area (Å²) in [6.07, 6.45) is 1.80. The van der Waals surface area contributed by atoms with Crippen LogP contribution < -0.4 is 5.32 Å². The molecule has 0 spiro atoms. The smallest absolute Gasteiger partial charge is 0.140 e. The highest BCUT2D eigenvalue weighted by atomic mass is 79.9. The van der Waals surface area contributed by atoms with Gasteiger partial charge in [0.05, 0.1) is 4.47 Å². The van der Waals surface area contributed by atoms with E-state index in [0.717, 1.165) is 26.3 Å². The van der Waals surface area contributed by atoms with E-state index in [9.17, 15) is 0 Å². The summed E-state index contributed by atoms with van der Waals surface area (Å²) >= 11 is 8.79. The molecule has 0 saturated carbocycles. The fourth-order valence-corrected chi connectivity index (χ4v) is 2.87. The van der Waals surface area contributed by atoms with Crippen molar-refractivity contribution in [1.29, 1.82) is 0 Å². The van der Waals surface area contributed by atoms with Crippen molar-refractivity contribution < 1.29 is 0 Å². The first kappa shape index (κ1) is 13.3. The Labute approximate surface area is 112 Å². The van der Waals surface area contributed by atoms with Gasteiger partial charge < -0.3 is 5.32 Å². The monoisotopic (exact) mass is 352 g/mol. The fourth-order valence-electron chi connectivity index (χ4n) is 1.09. The standard InChI is InChI=1S/C10H14Br2N2S/c1-3-15-6-7(2)14-10-9(12)4-8(11)5-13-10/h4-5,7H,3,6H2,1-2H3,(H,13,14). The molecule has 1 heterocycles. The summed E-state index contributed by atoms with van der Waals surface area (Å²) < 4.78 is 1.97. The quantitative estimate of drug-likeness (QED) is 0.860. The molecular formula is C10H14Br2N2S. The van der Waals surface area contributed by atoms with E-state index in [2.05, 4.69) is 56.0 Å². The Morgan fingerprint density at radius 2 is 2.27 bits per heavy atom. The molecule has 0 aliphatic heterocycles. The minimum Gasteiger partial charge on any atom is -0.366 e. The summed E-state index contributed by atoms with van der Waals surface area (Å²) in [7, 11) is 0. The summed E-state index contributed by atoms with van der Waals surface area (Å²) in [6.45, 7) is 4.34. The summed E-state index contributed by atoms with van der Waals surface area (Å²) in [5.74, 6) is 3.16. The lowest BCUT2D eigenvalue weighted by atomic mass is 10.4. The number of hydrogen-bond acceptors (Lipinski definition) is 3. The number of anilines is 1. The number of nitrogens with one attached hydrogen (secondary N) is 1. The van der Waals surface area contributed by atoms with E-state index in [1.54, 1.807) is 6.20 Å². The lowest BCUT2D eigenvalue weighted by Crippen LogP contribution is -2.19. The minimum absolute atomic E-state index is 0.430. The molecule has 5 heteroatoms. The normalized spacial score (nSPS) is 12.5. The van der Waals surface area contributed by atoms with E-state index in [-0.39, 0.29) is 0 Å². The van der Waals surface area contributed by atoms with E-state index < -0.39 is 0 Å². The summed E-state index contributed by atoms with van der Waals surface area (Å²) in [5, 5.41) is 3.37. The average molecular weight is 354 g/mol. The maximum absolute atomic E-state index is 4.31. The predicted octanol–water partition coefficient (Wildman–Crippen LogP) is 4.16. The molecule has 1 aromatic rings. The van der Waals surface area contributed by atoms with Crippen molar-refractivity contribution in [2.24, 2.45) is 0 Å². The van der Waals surface area contributed by atoms with Crippen LogP contribution >= 0.6 is 43.6 Å². The van der Waals surface area contributed by atoms with Crippen molar-refractivity contribution >= 4 is 49.4 Å². The summed E-state index contributed by atoms with van der Waals surface area (Å²) in [4.78, 5) is 4.31. The van der Waals surface area contributed by atoms with Crippen LogP contribution in [0.15, 0.2) is 21.2 Å². The van der Waals surface area contributed by atoms with Gasteiger partial charge in [-0.25, -0.2) is 4.98 Å². The molecule has 1 N–H and O–H groups in total. The van der Waals surface area contributed by atoms with Crippen molar-refractivity contribution in [1.82, 2.24) is 4.98 Å². The van der Waals surface area contributed by atoms with Crippen LogP contribution in [0.1, 0.15) is 13.8 Å². The second kappa shape index (κ2) is 6.76. The Bertz CT molecular complexity index is 320. The molecule has 2 nitrogen and oxygen atoms in total. The third-order valence-corrected chi connectivity index (χ3v) is 3.95. The van der Waals surface area contributed by atoms with Crippen molar-refractivity contribution in [2.75, 3.05) is 16.8 Å². The van der Waals surface area contributed by atoms with Gasteiger partial charge in [-0.15, -0.1) is 0 Å². The third kappa shape index (κ3) is 4.74. The van der Waals surface area contributed by atoms with Crippen LogP contribution in [0.3, 0.4) is 0 Å². The molecule has 1 aromatic heterocycles. The van der Waals surface area contributed by atoms with E-state index >= 15 is 0 Å². The van der Waals surface area contributed by atoms with Crippen LogP contribution in [-0.4, -0.2) is 22.5 Å². The molecule has 1 rings (SSSR count). The maximum atomic E-state index is 4.31. The highest BCUT2D eigenvalue weighted by molar-refractivity contribution is 9.11. The Morgan fingerprint density at radius 3 is 2.87 bits per heavy atom. The lowest BCUT2D eigenvalue weighted by Gasteiger charge is -2.14. The van der Waals surface area contributed by atoms with Crippen molar-refractivity contribution in [3.63, 3.8) is 0 Å². The lowest BCUT2D eigenvalue weighted by molar-refractivity contribution is 0.900. The Balaban J connectivity index is 2.56. The highest BCUT2D eigenvalue weighted by Gasteiger charge is 2.06. The average Bonchev–Trinajstić information content (AvgIpc) is 2.19. The molecule has 0 radical (unpaired) electrons. The van der Waals surface area contributed by atoms with Gasteiger partial charge in [-0.3, -0.25) is 0 Å². The first-order valence-electron chi connectivity index (χ1n) is 4.78. The number of aromatic nitrogens is 1. The Morgan fingerprint density at radius 1 is 1.53 bits per heavy atom. The van der Waals surface area contributed by atoms with Gasteiger partial charge in [-0.2, -0.15) is 11.8 Å². The molecular weight excluding hydrogens is 340 g/mol. The number of halogens is 2. The first-order chi connectivity index (χ1) is 7.13. The van der Waals surface area contributed by atoms with Gasteiger partial charge in [0, 0.05) is 22.5 Å². The SMILES string of the molecule is CCSCC(C)Nc1ncc(Br)cc1Br. The van der Waals surface area contributed by atoms with E-state index in [0.29, 0.717) is 6.04 Å². The van der Waals surface area contributed by atoms with Gasteiger partial charge in [0.15, 0.2) is 0 Å². The summed E-state index contributed by atoms with van der Waals surface area (Å²) in [6, 6.07) is 2.43. The topological polar surface area (TPSA) is 24.9 Å². The van der Waals surface area contributed by atoms with Crippen LogP contribution in [0.2, 0.25) is 0 Å². The van der Waals surface area contributed by atoms with Crippen LogP contribution in [0, 0.1) is 0 Å². The molecule has 0 saturated heterocycles. The van der Waals surface area contributed by atoms with Crippen LogP contribution in [-0.2, 0) is 0 Å². The van der Waals surface area contributed by atoms with Gasteiger partial charge in [-0.1, -0.05) is 6.92 Å². The number of rotatable bonds is 5. The zero-order chi connectivity index (χ0) is 11.3. The van der Waals surface area contributed by atoms with Gasteiger partial charge in [0.1, 0.15) is 5.82 Å². The highest BCUT2D eigenvalue weighted by Crippen LogP contribution is 2.24. The molecule has 1 unspecified atom stereocenters. The molecule has 0 fully saturated rings. The molecule has 0 aromatic carbocycles. The predicted molar refractivity (Wildman–Crippen MR) is 75.7 cm³/mol. The molecule has 0 aliphatic rings. The number of hydrogen-bond donors (Lipinski definition) is 1. The Hall–Kier alpha value is 0.260. The van der Waals surface area contributed by atoms with Crippen molar-refractivity contribution in [2.45, 2.75) is 19.9 Å². The second-order valence-electron chi connectivity index (χ2n) is 3.19. The van der Waals surface area contributed by atoms with Gasteiger partial charge >= 0.3 is 0 Å². The number of thioether (sulfide) groups is 1. The number of nitrogens with zero attached hydrogens (tertiary/aromatic N) is 1.